The van der Waals surface area contributed by atoms with E-state index in [9.17, 15) is 14.9 Å². The van der Waals surface area contributed by atoms with Crippen LogP contribution in [-0.2, 0) is 4.74 Å². The molecular weight excluding hydrogens is 326 g/mol. The predicted molar refractivity (Wildman–Crippen MR) is 91.1 cm³/mol. The molecule has 7 heteroatoms. The summed E-state index contributed by atoms with van der Waals surface area (Å²) in [6, 6.07) is 11.6. The fraction of sp³-hybridized carbons (Fsp3) is 0.278. The maximum absolute atomic E-state index is 12.5. The van der Waals surface area contributed by atoms with Crippen molar-refractivity contribution < 1.29 is 23.9 Å². The molecule has 0 aromatic heterocycles. The zero-order valence-electron chi connectivity index (χ0n) is 14.2. The molecule has 0 aliphatic carbocycles. The number of nitro benzene ring substituents is 1. The summed E-state index contributed by atoms with van der Waals surface area (Å²) in [6.45, 7) is 3.78. The molecule has 132 valence electrons. The first-order valence-corrected chi connectivity index (χ1v) is 7.73. The van der Waals surface area contributed by atoms with Gasteiger partial charge in [-0.05, 0) is 19.4 Å². The second kappa shape index (κ2) is 8.14. The lowest BCUT2D eigenvalue weighted by molar-refractivity contribution is -0.385. The number of rotatable bonds is 7. The molecule has 1 atom stereocenters. The monoisotopic (exact) mass is 345 g/mol. The van der Waals surface area contributed by atoms with E-state index in [0.29, 0.717) is 6.61 Å². The lowest BCUT2D eigenvalue weighted by atomic mass is 10.1. The Kier molecular flexibility index (Phi) is 5.94. The molecular formula is C18H19NO6. The second-order valence-electron chi connectivity index (χ2n) is 5.17. The summed E-state index contributed by atoms with van der Waals surface area (Å²) < 4.78 is 15.9. The van der Waals surface area contributed by atoms with Crippen molar-refractivity contribution in [3.05, 3.63) is 63.7 Å². The van der Waals surface area contributed by atoms with E-state index in [-0.39, 0.29) is 17.1 Å². The topological polar surface area (TPSA) is 87.9 Å². The Morgan fingerprint density at radius 2 is 1.88 bits per heavy atom. The molecule has 2 aromatic rings. The third-order valence-electron chi connectivity index (χ3n) is 3.55. The van der Waals surface area contributed by atoms with Crippen molar-refractivity contribution in [1.29, 1.82) is 0 Å². The van der Waals surface area contributed by atoms with Crippen LogP contribution in [0.3, 0.4) is 0 Å². The molecule has 25 heavy (non-hydrogen) atoms. The van der Waals surface area contributed by atoms with Crippen LogP contribution < -0.4 is 9.47 Å². The summed E-state index contributed by atoms with van der Waals surface area (Å²) in [5, 5.41) is 11.3. The van der Waals surface area contributed by atoms with Crippen LogP contribution in [0.1, 0.15) is 35.9 Å². The smallest absolute Gasteiger partial charge is 0.345 e. The fourth-order valence-corrected chi connectivity index (χ4v) is 2.31. The first kappa shape index (κ1) is 18.3. The van der Waals surface area contributed by atoms with Crippen LogP contribution >= 0.6 is 0 Å². The highest BCUT2D eigenvalue weighted by Crippen LogP contribution is 2.35. The average Bonchev–Trinajstić information content (AvgIpc) is 2.62. The van der Waals surface area contributed by atoms with Crippen LogP contribution in [0, 0.1) is 10.1 Å². The number of hydrogen-bond acceptors (Lipinski definition) is 6. The molecule has 0 saturated heterocycles. The number of nitrogens with zero attached hydrogens (tertiary/aromatic N) is 1. The zero-order chi connectivity index (χ0) is 18.4. The summed E-state index contributed by atoms with van der Waals surface area (Å²) >= 11 is 0. The van der Waals surface area contributed by atoms with Gasteiger partial charge in [-0.2, -0.15) is 0 Å². The summed E-state index contributed by atoms with van der Waals surface area (Å²) in [7, 11) is 1.37. The molecule has 0 aliphatic heterocycles. The van der Waals surface area contributed by atoms with Crippen molar-refractivity contribution in [2.45, 2.75) is 20.0 Å². The largest absolute Gasteiger partial charge is 0.493 e. The molecule has 0 heterocycles. The second-order valence-corrected chi connectivity index (χ2v) is 5.17. The van der Waals surface area contributed by atoms with Crippen molar-refractivity contribution in [2.75, 3.05) is 13.7 Å². The molecule has 2 aromatic carbocycles. The molecule has 0 bridgehead atoms. The number of methoxy groups -OCH3 is 1. The number of carbonyl (C=O) groups is 1. The van der Waals surface area contributed by atoms with Gasteiger partial charge < -0.3 is 14.2 Å². The van der Waals surface area contributed by atoms with E-state index in [1.807, 2.05) is 30.3 Å². The number of ether oxygens (including phenoxy) is 3. The summed E-state index contributed by atoms with van der Waals surface area (Å²) in [5.41, 5.74) is 0.208. The molecule has 0 N–H and O–H groups in total. The van der Waals surface area contributed by atoms with Crippen molar-refractivity contribution in [3.63, 3.8) is 0 Å². The summed E-state index contributed by atoms with van der Waals surface area (Å²) in [4.78, 5) is 23.2. The first-order chi connectivity index (χ1) is 12.0. The van der Waals surface area contributed by atoms with Crippen molar-refractivity contribution >= 4 is 11.7 Å². The molecule has 2 rings (SSSR count). The SMILES string of the molecule is CCOc1cc(C(=O)O[C@@H](C)c2ccccc2)c([N+](=O)[O-])cc1OC. The molecule has 0 unspecified atom stereocenters. The molecule has 0 spiro atoms. The zero-order valence-corrected chi connectivity index (χ0v) is 14.2. The van der Waals surface area contributed by atoms with E-state index in [1.165, 1.54) is 13.2 Å². The average molecular weight is 345 g/mol. The first-order valence-electron chi connectivity index (χ1n) is 7.73. The van der Waals surface area contributed by atoms with Gasteiger partial charge in [-0.1, -0.05) is 30.3 Å². The lowest BCUT2D eigenvalue weighted by Crippen LogP contribution is -2.12. The summed E-state index contributed by atoms with van der Waals surface area (Å²) in [6.07, 6.45) is -0.550. The Morgan fingerprint density at radius 3 is 2.44 bits per heavy atom. The number of nitro groups is 1. The molecule has 7 nitrogen and oxygen atoms in total. The van der Waals surface area contributed by atoms with E-state index < -0.39 is 22.7 Å². The fourth-order valence-electron chi connectivity index (χ4n) is 2.31. The van der Waals surface area contributed by atoms with E-state index in [2.05, 4.69) is 0 Å². The van der Waals surface area contributed by atoms with Crippen LogP contribution in [0.4, 0.5) is 5.69 Å². The predicted octanol–water partition coefficient (Wildman–Crippen LogP) is 3.92. The van der Waals surface area contributed by atoms with E-state index >= 15 is 0 Å². The molecule has 0 saturated carbocycles. The van der Waals surface area contributed by atoms with Gasteiger partial charge in [-0.3, -0.25) is 10.1 Å². The highest BCUT2D eigenvalue weighted by atomic mass is 16.6. The van der Waals surface area contributed by atoms with E-state index in [4.69, 9.17) is 14.2 Å². The normalized spacial score (nSPS) is 11.5. The number of benzene rings is 2. The highest BCUT2D eigenvalue weighted by molar-refractivity contribution is 5.95. The maximum atomic E-state index is 12.5. The van der Waals surface area contributed by atoms with Crippen LogP contribution in [0.15, 0.2) is 42.5 Å². The van der Waals surface area contributed by atoms with Gasteiger partial charge in [0.25, 0.3) is 5.69 Å². The molecule has 0 fully saturated rings. The van der Waals surface area contributed by atoms with Crippen LogP contribution in [0.25, 0.3) is 0 Å². The minimum absolute atomic E-state index is 0.182. The Bertz CT molecular complexity index is 760. The van der Waals surface area contributed by atoms with Gasteiger partial charge in [-0.25, -0.2) is 4.79 Å². The third kappa shape index (κ3) is 4.26. The standard InChI is InChI=1S/C18H19NO6/c1-4-24-17-10-14(15(19(21)22)11-16(17)23-3)18(20)25-12(2)13-8-6-5-7-9-13/h5-12H,4H2,1-3H3/t12-/m0/s1. The van der Waals surface area contributed by atoms with Crippen LogP contribution in [0.2, 0.25) is 0 Å². The van der Waals surface area contributed by atoms with Crippen LogP contribution in [-0.4, -0.2) is 24.6 Å². The van der Waals surface area contributed by atoms with Crippen molar-refractivity contribution in [3.8, 4) is 11.5 Å². The Balaban J connectivity index is 2.36. The minimum Gasteiger partial charge on any atom is -0.493 e. The van der Waals surface area contributed by atoms with Gasteiger partial charge in [0, 0.05) is 6.07 Å². The quantitative estimate of drug-likeness (QED) is 0.429. The molecule has 0 aliphatic rings. The Hall–Kier alpha value is -3.09. The van der Waals surface area contributed by atoms with Gasteiger partial charge in [0.1, 0.15) is 11.7 Å². The molecule has 0 amide bonds. The Labute approximate surface area is 145 Å². The van der Waals surface area contributed by atoms with Crippen molar-refractivity contribution in [2.24, 2.45) is 0 Å². The van der Waals surface area contributed by atoms with Gasteiger partial charge in [0.15, 0.2) is 11.5 Å². The van der Waals surface area contributed by atoms with Crippen molar-refractivity contribution in [1.82, 2.24) is 0 Å². The van der Waals surface area contributed by atoms with Gasteiger partial charge in [0.05, 0.1) is 24.7 Å². The molecule has 0 radical (unpaired) electrons. The van der Waals surface area contributed by atoms with Gasteiger partial charge in [0.2, 0.25) is 0 Å². The van der Waals surface area contributed by atoms with Gasteiger partial charge >= 0.3 is 5.97 Å². The van der Waals surface area contributed by atoms with Gasteiger partial charge in [-0.15, -0.1) is 0 Å². The number of hydrogen-bond donors (Lipinski definition) is 0. The Morgan fingerprint density at radius 1 is 1.20 bits per heavy atom. The van der Waals surface area contributed by atoms with E-state index in [1.54, 1.807) is 13.8 Å². The number of carbonyl (C=O) groups excluding carboxylic acids is 1. The minimum atomic E-state index is -0.799. The third-order valence-corrected chi connectivity index (χ3v) is 3.55. The van der Waals surface area contributed by atoms with E-state index in [0.717, 1.165) is 11.6 Å². The summed E-state index contributed by atoms with van der Waals surface area (Å²) in [5.74, 6) is -0.372. The maximum Gasteiger partial charge on any atom is 0.345 e. The highest BCUT2D eigenvalue weighted by Gasteiger charge is 2.27. The van der Waals surface area contributed by atoms with Crippen LogP contribution in [0.5, 0.6) is 11.5 Å². The lowest BCUT2D eigenvalue weighted by Gasteiger charge is -2.15. The number of esters is 1.